The first-order chi connectivity index (χ1) is 11.5. The van der Waals surface area contributed by atoms with Gasteiger partial charge in [-0.05, 0) is 25.0 Å². The van der Waals surface area contributed by atoms with Gasteiger partial charge in [-0.1, -0.05) is 0 Å². The molecule has 1 aliphatic heterocycles. The molecule has 0 N–H and O–H groups in total. The van der Waals surface area contributed by atoms with Crippen LogP contribution >= 0.6 is 11.3 Å². The number of hydrogen-bond donors (Lipinski definition) is 0. The molecule has 0 radical (unpaired) electrons. The highest BCUT2D eigenvalue weighted by Crippen LogP contribution is 2.17. The molecular weight excluding hydrogens is 324 g/mol. The van der Waals surface area contributed by atoms with Crippen molar-refractivity contribution in [3.05, 3.63) is 50.3 Å². The molecule has 6 nitrogen and oxygen atoms in total. The maximum Gasteiger partial charge on any atom is 0.265 e. The van der Waals surface area contributed by atoms with Gasteiger partial charge < -0.3 is 9.47 Å². The molecule has 1 saturated heterocycles. The van der Waals surface area contributed by atoms with Crippen molar-refractivity contribution in [1.29, 1.82) is 0 Å². The Kier molecular flexibility index (Phi) is 5.11. The summed E-state index contributed by atoms with van der Waals surface area (Å²) >= 11 is 1.41. The highest BCUT2D eigenvalue weighted by atomic mass is 32.1. The zero-order chi connectivity index (χ0) is 17.1. The summed E-state index contributed by atoms with van der Waals surface area (Å²) < 4.78 is 1.57. The van der Waals surface area contributed by atoms with E-state index < -0.39 is 0 Å². The molecule has 0 atom stereocenters. The number of aryl methyl sites for hydroxylation is 2. The lowest BCUT2D eigenvalue weighted by molar-refractivity contribution is 0.0765. The number of nitrogens with zero attached hydrogens (tertiary/aromatic N) is 4. The predicted molar refractivity (Wildman–Crippen MR) is 94.3 cm³/mol. The fourth-order valence-electron chi connectivity index (χ4n) is 2.93. The first-order valence-corrected chi connectivity index (χ1v) is 9.00. The standard InChI is InChI=1S/C17H22N4O2S/c1-13-16(24-12-18-13)17(23)21-6-3-5-20(8-9-21)11-14-4-7-19(2)15(22)10-14/h4,7,10,12H,3,5-6,8-9,11H2,1-2H3. The van der Waals surface area contributed by atoms with Gasteiger partial charge in [0.1, 0.15) is 4.88 Å². The molecule has 24 heavy (non-hydrogen) atoms. The highest BCUT2D eigenvalue weighted by Gasteiger charge is 2.22. The van der Waals surface area contributed by atoms with Crippen molar-refractivity contribution in [2.24, 2.45) is 7.05 Å². The Balaban J connectivity index is 1.62. The maximum atomic E-state index is 12.6. The quantitative estimate of drug-likeness (QED) is 0.845. The van der Waals surface area contributed by atoms with E-state index in [0.717, 1.165) is 48.7 Å². The highest BCUT2D eigenvalue weighted by molar-refractivity contribution is 7.11. The minimum atomic E-state index is 0.0137. The van der Waals surface area contributed by atoms with E-state index in [-0.39, 0.29) is 11.5 Å². The molecule has 3 rings (SSSR count). The van der Waals surface area contributed by atoms with Gasteiger partial charge in [0.05, 0.1) is 11.2 Å². The molecule has 2 aromatic rings. The fourth-order valence-corrected chi connectivity index (χ4v) is 3.70. The number of rotatable bonds is 3. The van der Waals surface area contributed by atoms with Crippen molar-refractivity contribution in [2.75, 3.05) is 26.2 Å². The third kappa shape index (κ3) is 3.73. The summed E-state index contributed by atoms with van der Waals surface area (Å²) in [5.41, 5.74) is 3.57. The Morgan fingerprint density at radius 1 is 1.29 bits per heavy atom. The molecule has 0 bridgehead atoms. The van der Waals surface area contributed by atoms with Crippen molar-refractivity contribution >= 4 is 17.2 Å². The summed E-state index contributed by atoms with van der Waals surface area (Å²) in [4.78, 5) is 33.5. The lowest BCUT2D eigenvalue weighted by Crippen LogP contribution is -2.35. The van der Waals surface area contributed by atoms with E-state index in [1.165, 1.54) is 11.3 Å². The van der Waals surface area contributed by atoms with Gasteiger partial charge in [-0.3, -0.25) is 14.5 Å². The average Bonchev–Trinajstić information content (AvgIpc) is 2.85. The zero-order valence-corrected chi connectivity index (χ0v) is 14.9. The minimum Gasteiger partial charge on any atom is -0.337 e. The van der Waals surface area contributed by atoms with Crippen LogP contribution in [0.5, 0.6) is 0 Å². The summed E-state index contributed by atoms with van der Waals surface area (Å²) in [6.45, 7) is 5.85. The predicted octanol–water partition coefficient (Wildman–Crippen LogP) is 1.50. The third-order valence-corrected chi connectivity index (χ3v) is 5.31. The minimum absolute atomic E-state index is 0.0137. The van der Waals surface area contributed by atoms with Crippen LogP contribution in [0.25, 0.3) is 0 Å². The smallest absolute Gasteiger partial charge is 0.265 e. The van der Waals surface area contributed by atoms with Gasteiger partial charge in [0, 0.05) is 52.0 Å². The van der Waals surface area contributed by atoms with Gasteiger partial charge in [-0.25, -0.2) is 4.98 Å². The molecule has 1 aliphatic rings. The number of pyridine rings is 1. The van der Waals surface area contributed by atoms with Crippen molar-refractivity contribution < 1.29 is 4.79 Å². The van der Waals surface area contributed by atoms with Crippen molar-refractivity contribution in [2.45, 2.75) is 19.9 Å². The van der Waals surface area contributed by atoms with E-state index in [9.17, 15) is 9.59 Å². The molecule has 128 valence electrons. The van der Waals surface area contributed by atoms with Crippen LogP contribution in [0.2, 0.25) is 0 Å². The summed E-state index contributed by atoms with van der Waals surface area (Å²) in [6.07, 6.45) is 2.74. The van der Waals surface area contributed by atoms with Gasteiger partial charge in [0.15, 0.2) is 0 Å². The van der Waals surface area contributed by atoms with Gasteiger partial charge in [0.2, 0.25) is 0 Å². The van der Waals surface area contributed by atoms with Crippen LogP contribution in [0.3, 0.4) is 0 Å². The van der Waals surface area contributed by atoms with Gasteiger partial charge >= 0.3 is 0 Å². The summed E-state index contributed by atoms with van der Waals surface area (Å²) in [7, 11) is 1.75. The Morgan fingerprint density at radius 3 is 2.83 bits per heavy atom. The van der Waals surface area contributed by atoms with Crippen molar-refractivity contribution in [1.82, 2.24) is 19.4 Å². The molecule has 1 amide bonds. The van der Waals surface area contributed by atoms with E-state index >= 15 is 0 Å². The van der Waals surface area contributed by atoms with Crippen LogP contribution in [0.15, 0.2) is 28.6 Å². The Morgan fingerprint density at radius 2 is 2.12 bits per heavy atom. The number of hydrogen-bond acceptors (Lipinski definition) is 5. The van der Waals surface area contributed by atoms with Crippen LogP contribution in [0.1, 0.15) is 27.3 Å². The average molecular weight is 346 g/mol. The normalized spacial score (nSPS) is 16.2. The Hall–Kier alpha value is -1.99. The summed E-state index contributed by atoms with van der Waals surface area (Å²) in [6, 6.07) is 3.67. The molecule has 0 saturated carbocycles. The van der Waals surface area contributed by atoms with Crippen molar-refractivity contribution in [3.63, 3.8) is 0 Å². The number of thiazole rings is 1. The number of carbonyl (C=O) groups excluding carboxylic acids is 1. The molecule has 3 heterocycles. The number of aromatic nitrogens is 2. The van der Waals surface area contributed by atoms with Gasteiger partial charge in [-0.15, -0.1) is 11.3 Å². The second-order valence-corrected chi connectivity index (χ2v) is 7.03. The largest absolute Gasteiger partial charge is 0.337 e. The monoisotopic (exact) mass is 346 g/mol. The lowest BCUT2D eigenvalue weighted by atomic mass is 10.2. The molecule has 7 heteroatoms. The molecule has 0 spiro atoms. The van der Waals surface area contributed by atoms with Crippen LogP contribution in [-0.4, -0.2) is 51.4 Å². The fraction of sp³-hybridized carbons (Fsp3) is 0.471. The summed E-state index contributed by atoms with van der Waals surface area (Å²) in [5, 5.41) is 0. The Labute approximate surface area is 145 Å². The van der Waals surface area contributed by atoms with E-state index in [4.69, 9.17) is 0 Å². The maximum absolute atomic E-state index is 12.6. The zero-order valence-electron chi connectivity index (χ0n) is 14.1. The first kappa shape index (κ1) is 16.9. The van der Waals surface area contributed by atoms with Crippen LogP contribution in [0.4, 0.5) is 0 Å². The second kappa shape index (κ2) is 7.27. The van der Waals surface area contributed by atoms with Crippen LogP contribution in [0, 0.1) is 6.92 Å². The third-order valence-electron chi connectivity index (χ3n) is 4.39. The topological polar surface area (TPSA) is 58.4 Å². The molecule has 0 aliphatic carbocycles. The van der Waals surface area contributed by atoms with E-state index in [1.54, 1.807) is 29.4 Å². The number of carbonyl (C=O) groups is 1. The Bertz CT molecular complexity index is 783. The molecule has 0 unspecified atom stereocenters. The molecular formula is C17H22N4O2S. The van der Waals surface area contributed by atoms with Crippen LogP contribution < -0.4 is 5.56 Å². The molecule has 1 fully saturated rings. The van der Waals surface area contributed by atoms with E-state index in [0.29, 0.717) is 6.54 Å². The lowest BCUT2D eigenvalue weighted by Gasteiger charge is -2.21. The van der Waals surface area contributed by atoms with Crippen LogP contribution in [-0.2, 0) is 13.6 Å². The second-order valence-electron chi connectivity index (χ2n) is 6.17. The van der Waals surface area contributed by atoms with Gasteiger partial charge in [0.25, 0.3) is 11.5 Å². The molecule has 2 aromatic heterocycles. The molecule has 0 aromatic carbocycles. The number of amides is 1. The van der Waals surface area contributed by atoms with Crippen molar-refractivity contribution in [3.8, 4) is 0 Å². The SMILES string of the molecule is Cc1ncsc1C(=O)N1CCCN(Cc2ccn(C)c(=O)c2)CC1. The van der Waals surface area contributed by atoms with E-state index in [2.05, 4.69) is 9.88 Å². The van der Waals surface area contributed by atoms with E-state index in [1.807, 2.05) is 17.9 Å². The summed E-state index contributed by atoms with van der Waals surface area (Å²) in [5.74, 6) is 0.0884. The first-order valence-electron chi connectivity index (χ1n) is 8.12. The van der Waals surface area contributed by atoms with Gasteiger partial charge in [-0.2, -0.15) is 0 Å².